The zero-order chi connectivity index (χ0) is 19.2. The molecule has 1 atom stereocenters. The molecule has 3 aromatic rings. The number of hydrogen-bond donors (Lipinski definition) is 1. The van der Waals surface area contributed by atoms with Crippen LogP contribution >= 0.6 is 0 Å². The van der Waals surface area contributed by atoms with E-state index in [-0.39, 0.29) is 10.9 Å². The van der Waals surface area contributed by atoms with Crippen molar-refractivity contribution in [3.8, 4) is 11.3 Å². The summed E-state index contributed by atoms with van der Waals surface area (Å²) in [5.41, 5.74) is 3.37. The van der Waals surface area contributed by atoms with Crippen molar-refractivity contribution < 1.29 is 12.8 Å². The van der Waals surface area contributed by atoms with Gasteiger partial charge in [0.15, 0.2) is 0 Å². The molecule has 0 bridgehead atoms. The minimum absolute atomic E-state index is 0.0690. The normalized spacial score (nSPS) is 16.5. The fourth-order valence-corrected chi connectivity index (χ4v) is 5.26. The highest BCUT2D eigenvalue weighted by Gasteiger charge is 2.33. The number of nitrogens with one attached hydrogen (secondary N) is 1. The summed E-state index contributed by atoms with van der Waals surface area (Å²) in [6.07, 6.45) is 3.23. The van der Waals surface area contributed by atoms with E-state index in [2.05, 4.69) is 5.32 Å². The van der Waals surface area contributed by atoms with E-state index in [0.717, 1.165) is 23.1 Å². The lowest BCUT2D eigenvalue weighted by Gasteiger charge is -2.14. The zero-order valence-corrected chi connectivity index (χ0v) is 16.1. The molecular weight excluding hydrogens is 363 g/mol. The van der Waals surface area contributed by atoms with Gasteiger partial charge in [-0.2, -0.15) is 0 Å². The zero-order valence-electron chi connectivity index (χ0n) is 15.2. The molecule has 0 spiro atoms. The Bertz CT molecular complexity index is 1100. The van der Waals surface area contributed by atoms with E-state index in [1.54, 1.807) is 42.6 Å². The lowest BCUT2D eigenvalue weighted by molar-refractivity contribution is 0.578. The molecule has 1 aliphatic rings. The standard InChI is InChI=1S/C21H21FN2O2S/c1-14-8-9-17(19(22)12-14)21-16-10-11-20(23-2)18(16)13-24(21)27(25,26)15-6-4-3-5-7-15/h3-9,12-13,20,23H,10-11H2,1-2H3. The first-order valence-electron chi connectivity index (χ1n) is 8.92. The number of rotatable bonds is 4. The predicted molar refractivity (Wildman–Crippen MR) is 104 cm³/mol. The molecule has 0 saturated heterocycles. The molecule has 1 heterocycles. The molecule has 0 radical (unpaired) electrons. The third kappa shape index (κ3) is 2.89. The molecule has 0 aliphatic heterocycles. The Morgan fingerprint density at radius 1 is 1.15 bits per heavy atom. The van der Waals surface area contributed by atoms with Crippen LogP contribution in [0.3, 0.4) is 0 Å². The first kappa shape index (κ1) is 17.9. The third-order valence-electron chi connectivity index (χ3n) is 5.20. The number of fused-ring (bicyclic) bond motifs is 1. The maximum Gasteiger partial charge on any atom is 0.268 e. The molecule has 1 unspecified atom stereocenters. The monoisotopic (exact) mass is 384 g/mol. The van der Waals surface area contributed by atoms with E-state index in [0.29, 0.717) is 17.7 Å². The van der Waals surface area contributed by atoms with E-state index in [9.17, 15) is 12.8 Å². The first-order chi connectivity index (χ1) is 12.9. The van der Waals surface area contributed by atoms with Gasteiger partial charge in [-0.25, -0.2) is 16.8 Å². The van der Waals surface area contributed by atoms with E-state index < -0.39 is 15.8 Å². The summed E-state index contributed by atoms with van der Waals surface area (Å²) in [5, 5.41) is 3.23. The lowest BCUT2D eigenvalue weighted by atomic mass is 10.0. The maximum absolute atomic E-state index is 14.8. The van der Waals surface area contributed by atoms with Gasteiger partial charge < -0.3 is 5.32 Å². The minimum Gasteiger partial charge on any atom is -0.313 e. The average Bonchev–Trinajstić information content (AvgIpc) is 3.22. The molecule has 6 heteroatoms. The van der Waals surface area contributed by atoms with Crippen molar-refractivity contribution in [1.29, 1.82) is 0 Å². The van der Waals surface area contributed by atoms with Crippen LogP contribution in [0.25, 0.3) is 11.3 Å². The Kier molecular flexibility index (Phi) is 4.40. The second-order valence-corrected chi connectivity index (χ2v) is 8.70. The molecule has 1 aliphatic carbocycles. The van der Waals surface area contributed by atoms with E-state index in [1.165, 1.54) is 10.0 Å². The molecular formula is C21H21FN2O2S. The second kappa shape index (κ2) is 6.62. The summed E-state index contributed by atoms with van der Waals surface area (Å²) in [4.78, 5) is 0.188. The van der Waals surface area contributed by atoms with Gasteiger partial charge in [0.25, 0.3) is 10.0 Å². The van der Waals surface area contributed by atoms with Gasteiger partial charge in [0, 0.05) is 17.8 Å². The first-order valence-corrected chi connectivity index (χ1v) is 10.4. The quantitative estimate of drug-likeness (QED) is 0.738. The fourth-order valence-electron chi connectivity index (χ4n) is 3.83. The molecule has 0 fully saturated rings. The van der Waals surface area contributed by atoms with Crippen LogP contribution in [0.15, 0.2) is 59.6 Å². The van der Waals surface area contributed by atoms with Crippen molar-refractivity contribution >= 4 is 10.0 Å². The SMILES string of the molecule is CNC1CCc2c1cn(S(=O)(=O)c1ccccc1)c2-c1ccc(C)cc1F. The summed E-state index contributed by atoms with van der Waals surface area (Å²) in [7, 11) is -1.98. The van der Waals surface area contributed by atoms with Crippen molar-refractivity contribution in [1.82, 2.24) is 9.29 Å². The third-order valence-corrected chi connectivity index (χ3v) is 6.87. The van der Waals surface area contributed by atoms with Crippen molar-refractivity contribution in [2.24, 2.45) is 0 Å². The Hall–Kier alpha value is -2.44. The van der Waals surface area contributed by atoms with Crippen molar-refractivity contribution in [3.63, 3.8) is 0 Å². The fraction of sp³-hybridized carbons (Fsp3) is 0.238. The molecule has 4 rings (SSSR count). The van der Waals surface area contributed by atoms with E-state index >= 15 is 0 Å². The Morgan fingerprint density at radius 3 is 2.56 bits per heavy atom. The van der Waals surface area contributed by atoms with Crippen molar-refractivity contribution in [2.45, 2.75) is 30.7 Å². The highest BCUT2D eigenvalue weighted by Crippen LogP contribution is 2.41. The van der Waals surface area contributed by atoms with Gasteiger partial charge in [-0.3, -0.25) is 0 Å². The highest BCUT2D eigenvalue weighted by molar-refractivity contribution is 7.90. The van der Waals surface area contributed by atoms with Crippen LogP contribution < -0.4 is 5.32 Å². The summed E-state index contributed by atoms with van der Waals surface area (Å²) in [6.45, 7) is 1.81. The summed E-state index contributed by atoms with van der Waals surface area (Å²) in [5.74, 6) is -0.409. The van der Waals surface area contributed by atoms with Crippen LogP contribution in [0.1, 0.15) is 29.2 Å². The number of halogens is 1. The second-order valence-electron chi connectivity index (χ2n) is 6.89. The molecule has 140 valence electrons. The number of hydrogen-bond acceptors (Lipinski definition) is 3. The molecule has 1 aromatic heterocycles. The van der Waals surface area contributed by atoms with Crippen LogP contribution in [0.2, 0.25) is 0 Å². The molecule has 27 heavy (non-hydrogen) atoms. The number of aromatic nitrogens is 1. The molecule has 4 nitrogen and oxygen atoms in total. The van der Waals surface area contributed by atoms with Crippen LogP contribution in [-0.2, 0) is 16.4 Å². The Morgan fingerprint density at radius 2 is 1.89 bits per heavy atom. The van der Waals surface area contributed by atoms with Crippen molar-refractivity contribution in [2.75, 3.05) is 7.05 Å². The van der Waals surface area contributed by atoms with E-state index in [1.807, 2.05) is 20.0 Å². The largest absolute Gasteiger partial charge is 0.313 e. The van der Waals surface area contributed by atoms with Gasteiger partial charge in [0.05, 0.1) is 10.6 Å². The smallest absolute Gasteiger partial charge is 0.268 e. The highest BCUT2D eigenvalue weighted by atomic mass is 32.2. The number of aryl methyl sites for hydroxylation is 1. The Balaban J connectivity index is 2.00. The summed E-state index contributed by atoms with van der Waals surface area (Å²) >= 11 is 0. The van der Waals surface area contributed by atoms with Crippen molar-refractivity contribution in [3.05, 3.63) is 77.2 Å². The minimum atomic E-state index is -3.83. The molecule has 0 amide bonds. The molecule has 2 aromatic carbocycles. The number of nitrogens with zero attached hydrogens (tertiary/aromatic N) is 1. The Labute approximate surface area is 158 Å². The van der Waals surface area contributed by atoms with Gasteiger partial charge in [0.2, 0.25) is 0 Å². The van der Waals surface area contributed by atoms with Gasteiger partial charge in [-0.05, 0) is 67.8 Å². The molecule has 0 saturated carbocycles. The van der Waals surface area contributed by atoms with Crippen LogP contribution in [0.5, 0.6) is 0 Å². The van der Waals surface area contributed by atoms with Gasteiger partial charge >= 0.3 is 0 Å². The summed E-state index contributed by atoms with van der Waals surface area (Å²) in [6, 6.07) is 13.3. The van der Waals surface area contributed by atoms with E-state index in [4.69, 9.17) is 0 Å². The van der Waals surface area contributed by atoms with Crippen LogP contribution in [-0.4, -0.2) is 19.4 Å². The maximum atomic E-state index is 14.8. The van der Waals surface area contributed by atoms with Crippen LogP contribution in [0, 0.1) is 12.7 Å². The van der Waals surface area contributed by atoms with Gasteiger partial charge in [-0.15, -0.1) is 0 Å². The number of benzene rings is 2. The lowest BCUT2D eigenvalue weighted by Crippen LogP contribution is -2.16. The topological polar surface area (TPSA) is 51.1 Å². The van der Waals surface area contributed by atoms with Gasteiger partial charge in [0.1, 0.15) is 5.82 Å². The van der Waals surface area contributed by atoms with Gasteiger partial charge in [-0.1, -0.05) is 24.3 Å². The average molecular weight is 384 g/mol. The predicted octanol–water partition coefficient (Wildman–Crippen LogP) is 4.05. The molecule has 1 N–H and O–H groups in total. The van der Waals surface area contributed by atoms with Crippen LogP contribution in [0.4, 0.5) is 4.39 Å². The summed E-state index contributed by atoms with van der Waals surface area (Å²) < 4.78 is 42.7.